The Hall–Kier alpha value is -1.22. The predicted molar refractivity (Wildman–Crippen MR) is 113 cm³/mol. The molecule has 1 N–H and O–H groups in total. The van der Waals surface area contributed by atoms with Gasteiger partial charge in [-0.3, -0.25) is 4.79 Å². The maximum atomic E-state index is 11.5. The summed E-state index contributed by atoms with van der Waals surface area (Å²) in [5.41, 5.74) is 5.29. The van der Waals surface area contributed by atoms with Gasteiger partial charge in [-0.05, 0) is 73.6 Å². The lowest BCUT2D eigenvalue weighted by molar-refractivity contribution is -0.136. The van der Waals surface area contributed by atoms with E-state index < -0.39 is 5.97 Å². The van der Waals surface area contributed by atoms with Crippen LogP contribution >= 0.6 is 11.8 Å². The quantitative estimate of drug-likeness (QED) is 0.381. The van der Waals surface area contributed by atoms with Gasteiger partial charge in [-0.2, -0.15) is 0 Å². The SMILES string of the molecule is CC(C)=CCC/C(C)=C/CS[C@@H](C/C=C(\C)CCC=C(C)C)C(=O)O. The van der Waals surface area contributed by atoms with Gasteiger partial charge in [-0.15, -0.1) is 11.8 Å². The van der Waals surface area contributed by atoms with Crippen molar-refractivity contribution in [2.24, 2.45) is 0 Å². The highest BCUT2D eigenvalue weighted by atomic mass is 32.2. The van der Waals surface area contributed by atoms with Gasteiger partial charge in [0.1, 0.15) is 5.25 Å². The van der Waals surface area contributed by atoms with Crippen LogP contribution < -0.4 is 0 Å². The summed E-state index contributed by atoms with van der Waals surface area (Å²) in [4.78, 5) is 11.5. The zero-order valence-corrected chi connectivity index (χ0v) is 17.7. The Kier molecular flexibility index (Phi) is 13.3. The first kappa shape index (κ1) is 23.8. The molecule has 0 unspecified atom stereocenters. The minimum atomic E-state index is -0.714. The fourth-order valence-electron chi connectivity index (χ4n) is 2.24. The van der Waals surface area contributed by atoms with E-state index in [-0.39, 0.29) is 5.25 Å². The van der Waals surface area contributed by atoms with E-state index in [2.05, 4.69) is 65.8 Å². The molecule has 0 aromatic heterocycles. The molecule has 3 heteroatoms. The second-order valence-corrected chi connectivity index (χ2v) is 8.37. The Labute approximate surface area is 159 Å². The largest absolute Gasteiger partial charge is 0.480 e. The number of carbonyl (C=O) groups is 1. The highest BCUT2D eigenvalue weighted by Crippen LogP contribution is 2.19. The summed E-state index contributed by atoms with van der Waals surface area (Å²) in [5.74, 6) is 0.0522. The second-order valence-electron chi connectivity index (χ2n) is 7.14. The Morgan fingerprint density at radius 3 is 1.76 bits per heavy atom. The maximum Gasteiger partial charge on any atom is 0.316 e. The number of hydrogen-bond donors (Lipinski definition) is 1. The van der Waals surface area contributed by atoms with Gasteiger partial charge in [0.2, 0.25) is 0 Å². The topological polar surface area (TPSA) is 37.3 Å². The van der Waals surface area contributed by atoms with E-state index in [1.165, 1.54) is 34.1 Å². The molecule has 142 valence electrons. The lowest BCUT2D eigenvalue weighted by Gasteiger charge is -2.09. The number of aliphatic carboxylic acids is 1. The number of rotatable bonds is 12. The molecule has 0 aliphatic carbocycles. The molecule has 0 bridgehead atoms. The third kappa shape index (κ3) is 14.8. The fourth-order valence-corrected chi connectivity index (χ4v) is 3.22. The Balaban J connectivity index is 4.36. The van der Waals surface area contributed by atoms with E-state index in [1.54, 1.807) is 0 Å². The summed E-state index contributed by atoms with van der Waals surface area (Å²) in [7, 11) is 0. The van der Waals surface area contributed by atoms with Gasteiger partial charge in [-0.1, -0.05) is 46.6 Å². The van der Waals surface area contributed by atoms with Gasteiger partial charge in [0.15, 0.2) is 0 Å². The molecule has 25 heavy (non-hydrogen) atoms. The molecule has 0 spiro atoms. The van der Waals surface area contributed by atoms with Gasteiger partial charge in [0.25, 0.3) is 0 Å². The average Bonchev–Trinajstić information content (AvgIpc) is 2.49. The van der Waals surface area contributed by atoms with Crippen LogP contribution in [0.25, 0.3) is 0 Å². The van der Waals surface area contributed by atoms with E-state index in [4.69, 9.17) is 0 Å². The van der Waals surface area contributed by atoms with Crippen LogP contribution in [0.4, 0.5) is 0 Å². The summed E-state index contributed by atoms with van der Waals surface area (Å²) in [6, 6.07) is 0. The van der Waals surface area contributed by atoms with Crippen LogP contribution in [0.2, 0.25) is 0 Å². The van der Waals surface area contributed by atoms with E-state index in [1.807, 2.05) is 0 Å². The molecule has 0 radical (unpaired) electrons. The zero-order valence-electron chi connectivity index (χ0n) is 16.9. The first-order chi connectivity index (χ1) is 11.7. The molecule has 0 fully saturated rings. The highest BCUT2D eigenvalue weighted by molar-refractivity contribution is 8.00. The van der Waals surface area contributed by atoms with Crippen molar-refractivity contribution in [3.05, 3.63) is 46.6 Å². The smallest absolute Gasteiger partial charge is 0.316 e. The lowest BCUT2D eigenvalue weighted by atomic mass is 10.1. The molecule has 0 rings (SSSR count). The number of carboxylic acid groups (broad SMARTS) is 1. The van der Waals surface area contributed by atoms with Crippen molar-refractivity contribution in [3.63, 3.8) is 0 Å². The molecule has 2 nitrogen and oxygen atoms in total. The van der Waals surface area contributed by atoms with Gasteiger partial charge in [-0.25, -0.2) is 0 Å². The molecular formula is C22H36O2S. The second kappa shape index (κ2) is 14.0. The minimum Gasteiger partial charge on any atom is -0.480 e. The Morgan fingerprint density at radius 1 is 0.840 bits per heavy atom. The molecular weight excluding hydrogens is 328 g/mol. The normalized spacial score (nSPS) is 13.4. The third-order valence-corrected chi connectivity index (χ3v) is 5.02. The number of thioether (sulfide) groups is 1. The van der Waals surface area contributed by atoms with Crippen molar-refractivity contribution in [2.45, 2.75) is 78.9 Å². The molecule has 0 heterocycles. The highest BCUT2D eigenvalue weighted by Gasteiger charge is 2.15. The van der Waals surface area contributed by atoms with Crippen LogP contribution in [0.15, 0.2) is 46.6 Å². The summed E-state index contributed by atoms with van der Waals surface area (Å²) in [6.07, 6.45) is 13.5. The Morgan fingerprint density at radius 2 is 1.32 bits per heavy atom. The predicted octanol–water partition coefficient (Wildman–Crippen LogP) is 6.95. The molecule has 0 aliphatic rings. The molecule has 0 aromatic carbocycles. The third-order valence-electron chi connectivity index (χ3n) is 3.87. The first-order valence-electron chi connectivity index (χ1n) is 9.14. The van der Waals surface area contributed by atoms with Crippen molar-refractivity contribution in [1.29, 1.82) is 0 Å². The van der Waals surface area contributed by atoms with Crippen molar-refractivity contribution in [1.82, 2.24) is 0 Å². The first-order valence-corrected chi connectivity index (χ1v) is 10.2. The monoisotopic (exact) mass is 364 g/mol. The van der Waals surface area contributed by atoms with Crippen LogP contribution in [-0.2, 0) is 4.79 Å². The maximum absolute atomic E-state index is 11.5. The molecule has 0 saturated heterocycles. The van der Waals surface area contributed by atoms with Gasteiger partial charge in [0, 0.05) is 5.75 Å². The summed E-state index contributed by atoms with van der Waals surface area (Å²) >= 11 is 1.52. The van der Waals surface area contributed by atoms with Crippen molar-refractivity contribution in [2.75, 3.05) is 5.75 Å². The number of hydrogen-bond acceptors (Lipinski definition) is 2. The average molecular weight is 365 g/mol. The number of carboxylic acids is 1. The van der Waals surface area contributed by atoms with Crippen LogP contribution in [0.3, 0.4) is 0 Å². The van der Waals surface area contributed by atoms with E-state index in [0.717, 1.165) is 31.4 Å². The Bertz CT molecular complexity index is 516. The van der Waals surface area contributed by atoms with Crippen molar-refractivity contribution >= 4 is 17.7 Å². The minimum absolute atomic E-state index is 0.361. The van der Waals surface area contributed by atoms with Gasteiger partial charge in [0.05, 0.1) is 0 Å². The zero-order chi connectivity index (χ0) is 19.2. The van der Waals surface area contributed by atoms with Crippen molar-refractivity contribution < 1.29 is 9.90 Å². The van der Waals surface area contributed by atoms with Crippen LogP contribution in [0.1, 0.15) is 73.6 Å². The van der Waals surface area contributed by atoms with Crippen LogP contribution in [0, 0.1) is 0 Å². The summed E-state index contributed by atoms with van der Waals surface area (Å²) < 4.78 is 0. The van der Waals surface area contributed by atoms with E-state index >= 15 is 0 Å². The lowest BCUT2D eigenvalue weighted by Crippen LogP contribution is -2.16. The van der Waals surface area contributed by atoms with Gasteiger partial charge >= 0.3 is 5.97 Å². The molecule has 0 saturated carbocycles. The molecule has 0 aliphatic heterocycles. The molecule has 1 atom stereocenters. The van der Waals surface area contributed by atoms with Crippen LogP contribution in [0.5, 0.6) is 0 Å². The fraction of sp³-hybridized carbons (Fsp3) is 0.591. The standard InChI is InChI=1S/C22H36O2S/c1-17(2)9-7-11-19(5)13-14-21(22(23)24)25-16-15-20(6)12-8-10-18(3)4/h9-10,13,15,21H,7-8,11-12,14,16H2,1-6H3,(H,23,24)/b19-13+,20-15+/t21-/m0/s1. The molecule has 0 aromatic rings. The number of allylic oxidation sites excluding steroid dienone is 7. The van der Waals surface area contributed by atoms with Crippen molar-refractivity contribution in [3.8, 4) is 0 Å². The van der Waals surface area contributed by atoms with E-state index in [0.29, 0.717) is 6.42 Å². The summed E-state index contributed by atoms with van der Waals surface area (Å²) in [5, 5.41) is 9.05. The summed E-state index contributed by atoms with van der Waals surface area (Å²) in [6.45, 7) is 12.7. The van der Waals surface area contributed by atoms with Crippen LogP contribution in [-0.4, -0.2) is 22.1 Å². The molecule has 0 amide bonds. The van der Waals surface area contributed by atoms with E-state index in [9.17, 15) is 9.90 Å². The van der Waals surface area contributed by atoms with Gasteiger partial charge < -0.3 is 5.11 Å².